The lowest BCUT2D eigenvalue weighted by molar-refractivity contribution is -0.131. The number of nitrogens with zero attached hydrogens (tertiary/aromatic N) is 1. The Morgan fingerprint density at radius 2 is 1.62 bits per heavy atom. The van der Waals surface area contributed by atoms with Gasteiger partial charge >= 0.3 is 7.12 Å². The molecule has 0 radical (unpaired) electrons. The van der Waals surface area contributed by atoms with E-state index in [4.69, 9.17) is 9.31 Å². The number of likely N-dealkylation sites (tertiary alicyclic amines) is 1. The van der Waals surface area contributed by atoms with E-state index >= 15 is 0 Å². The number of piperidine rings is 1. The second-order valence-corrected chi connectivity index (χ2v) is 7.91. The molecule has 4 nitrogen and oxygen atoms in total. The third kappa shape index (κ3) is 3.38. The minimum Gasteiger partial charge on any atom is -0.399 e. The van der Waals surface area contributed by atoms with E-state index in [-0.39, 0.29) is 17.1 Å². The molecule has 1 aromatic carbocycles. The summed E-state index contributed by atoms with van der Waals surface area (Å²) < 4.78 is 12.3. The lowest BCUT2D eigenvalue weighted by Gasteiger charge is -2.32. The summed E-state index contributed by atoms with van der Waals surface area (Å²) in [5, 5.41) is 0. The van der Waals surface area contributed by atoms with Crippen molar-refractivity contribution in [2.24, 2.45) is 0 Å². The number of carbonyl (C=O) groups is 1. The molecule has 2 aliphatic heterocycles. The van der Waals surface area contributed by atoms with E-state index in [2.05, 4.69) is 27.7 Å². The van der Waals surface area contributed by atoms with E-state index in [1.165, 1.54) is 6.42 Å². The molecule has 0 aliphatic carbocycles. The summed E-state index contributed by atoms with van der Waals surface area (Å²) in [4.78, 5) is 14.6. The Balaban J connectivity index is 1.78. The zero-order valence-electron chi connectivity index (χ0n) is 15.3. The fraction of sp³-hybridized carbons (Fsp3) is 0.632. The van der Waals surface area contributed by atoms with Gasteiger partial charge in [-0.3, -0.25) is 4.79 Å². The Morgan fingerprint density at radius 3 is 2.25 bits per heavy atom. The Labute approximate surface area is 145 Å². The van der Waals surface area contributed by atoms with Crippen LogP contribution in [-0.4, -0.2) is 42.2 Å². The topological polar surface area (TPSA) is 38.8 Å². The zero-order chi connectivity index (χ0) is 17.4. The van der Waals surface area contributed by atoms with Gasteiger partial charge in [-0.1, -0.05) is 24.3 Å². The van der Waals surface area contributed by atoms with Crippen molar-refractivity contribution >= 4 is 18.5 Å². The van der Waals surface area contributed by atoms with Crippen molar-refractivity contribution in [3.05, 3.63) is 29.8 Å². The van der Waals surface area contributed by atoms with Gasteiger partial charge in [0.25, 0.3) is 0 Å². The number of amides is 1. The summed E-state index contributed by atoms with van der Waals surface area (Å²) in [5.41, 5.74) is 1.23. The summed E-state index contributed by atoms with van der Waals surface area (Å²) in [6, 6.07) is 7.99. The first-order valence-corrected chi connectivity index (χ1v) is 9.01. The van der Waals surface area contributed by atoms with Crippen molar-refractivity contribution in [3.63, 3.8) is 0 Å². The molecule has 0 spiro atoms. The average Bonchev–Trinajstić information content (AvgIpc) is 2.76. The number of carbonyl (C=O) groups excluding carboxylic acids is 1. The van der Waals surface area contributed by atoms with Crippen LogP contribution in [-0.2, 0) is 20.5 Å². The number of benzene rings is 1. The first-order valence-electron chi connectivity index (χ1n) is 9.01. The highest BCUT2D eigenvalue weighted by Crippen LogP contribution is 2.36. The first-order chi connectivity index (χ1) is 11.3. The summed E-state index contributed by atoms with van der Waals surface area (Å²) >= 11 is 0. The van der Waals surface area contributed by atoms with Crippen LogP contribution in [0, 0.1) is 0 Å². The molecule has 3 rings (SSSR count). The van der Waals surface area contributed by atoms with Crippen LogP contribution < -0.4 is 5.46 Å². The maximum absolute atomic E-state index is 12.6. The molecule has 24 heavy (non-hydrogen) atoms. The van der Waals surface area contributed by atoms with Crippen molar-refractivity contribution in [2.45, 2.75) is 64.6 Å². The molecule has 0 unspecified atom stereocenters. The Morgan fingerprint density at radius 1 is 1.04 bits per heavy atom. The van der Waals surface area contributed by atoms with Gasteiger partial charge in [-0.2, -0.15) is 0 Å². The molecular weight excluding hydrogens is 301 g/mol. The zero-order valence-corrected chi connectivity index (χ0v) is 15.3. The highest BCUT2D eigenvalue weighted by atomic mass is 16.7. The quantitative estimate of drug-likeness (QED) is 0.800. The molecule has 0 bridgehead atoms. The first kappa shape index (κ1) is 17.5. The fourth-order valence-electron chi connectivity index (χ4n) is 3.31. The third-order valence-electron chi connectivity index (χ3n) is 5.61. The molecular formula is C19H28BNO3. The van der Waals surface area contributed by atoms with Crippen LogP contribution >= 0.6 is 0 Å². The van der Waals surface area contributed by atoms with Gasteiger partial charge in [0.2, 0.25) is 5.91 Å². The lowest BCUT2D eigenvalue weighted by atomic mass is 9.75. The largest absolute Gasteiger partial charge is 0.495 e. The molecule has 0 saturated carbocycles. The standard InChI is InChI=1S/C19H28BNO3/c1-18(2)19(3,4)24-20(23-18)16-11-7-6-10-15(16)14-17(22)21-12-8-5-9-13-21/h6-7,10-11H,5,8-9,12-14H2,1-4H3. The van der Waals surface area contributed by atoms with E-state index in [1.807, 2.05) is 29.2 Å². The summed E-state index contributed by atoms with van der Waals surface area (Å²) in [7, 11) is -0.416. The Kier molecular flexibility index (Phi) is 4.76. The van der Waals surface area contributed by atoms with Gasteiger partial charge in [0, 0.05) is 13.1 Å². The van der Waals surface area contributed by atoms with Gasteiger partial charge in [0.1, 0.15) is 0 Å². The van der Waals surface area contributed by atoms with Crippen LogP contribution in [0.4, 0.5) is 0 Å². The van der Waals surface area contributed by atoms with Crippen LogP contribution in [0.25, 0.3) is 0 Å². The van der Waals surface area contributed by atoms with E-state index in [0.717, 1.165) is 37.0 Å². The molecule has 2 fully saturated rings. The van der Waals surface area contributed by atoms with Crippen LogP contribution in [0.2, 0.25) is 0 Å². The van der Waals surface area contributed by atoms with Crippen molar-refractivity contribution in [1.29, 1.82) is 0 Å². The van der Waals surface area contributed by atoms with Gasteiger partial charge < -0.3 is 14.2 Å². The van der Waals surface area contributed by atoms with Crippen molar-refractivity contribution < 1.29 is 14.1 Å². The van der Waals surface area contributed by atoms with Gasteiger partial charge in [0.05, 0.1) is 17.6 Å². The SMILES string of the molecule is CC1(C)OB(c2ccccc2CC(=O)N2CCCCC2)OC1(C)C. The second-order valence-electron chi connectivity index (χ2n) is 7.91. The Hall–Kier alpha value is -1.33. The number of hydrogen-bond acceptors (Lipinski definition) is 3. The van der Waals surface area contributed by atoms with Gasteiger partial charge in [0.15, 0.2) is 0 Å². The predicted octanol–water partition coefficient (Wildman–Crippen LogP) is 2.54. The second kappa shape index (κ2) is 6.53. The van der Waals surface area contributed by atoms with Gasteiger partial charge in [-0.25, -0.2) is 0 Å². The van der Waals surface area contributed by atoms with Gasteiger partial charge in [-0.15, -0.1) is 0 Å². The lowest BCUT2D eigenvalue weighted by Crippen LogP contribution is -2.41. The van der Waals surface area contributed by atoms with Crippen molar-refractivity contribution in [1.82, 2.24) is 4.90 Å². The summed E-state index contributed by atoms with van der Waals surface area (Å²) in [6.07, 6.45) is 3.88. The van der Waals surface area contributed by atoms with Crippen molar-refractivity contribution in [3.8, 4) is 0 Å². The maximum atomic E-state index is 12.6. The molecule has 1 amide bonds. The Bertz CT molecular complexity index is 592. The van der Waals surface area contributed by atoms with E-state index in [0.29, 0.717) is 6.42 Å². The minimum atomic E-state index is -0.416. The molecule has 0 atom stereocenters. The molecule has 2 saturated heterocycles. The fourth-order valence-corrected chi connectivity index (χ4v) is 3.31. The molecule has 130 valence electrons. The molecule has 2 heterocycles. The molecule has 0 N–H and O–H groups in total. The monoisotopic (exact) mass is 329 g/mol. The molecule has 0 aromatic heterocycles. The van der Waals surface area contributed by atoms with Crippen LogP contribution in [0.1, 0.15) is 52.5 Å². The molecule has 5 heteroatoms. The highest BCUT2D eigenvalue weighted by molar-refractivity contribution is 6.62. The maximum Gasteiger partial charge on any atom is 0.495 e. The van der Waals surface area contributed by atoms with E-state index in [1.54, 1.807) is 0 Å². The van der Waals surface area contributed by atoms with E-state index < -0.39 is 7.12 Å². The summed E-state index contributed by atoms with van der Waals surface area (Å²) in [5.74, 6) is 0.207. The van der Waals surface area contributed by atoms with Gasteiger partial charge in [-0.05, 0) is 58.0 Å². The van der Waals surface area contributed by atoms with Crippen LogP contribution in [0.3, 0.4) is 0 Å². The number of rotatable bonds is 3. The van der Waals surface area contributed by atoms with Crippen LogP contribution in [0.5, 0.6) is 0 Å². The normalized spacial score (nSPS) is 22.7. The number of hydrogen-bond donors (Lipinski definition) is 0. The molecule has 2 aliphatic rings. The smallest absolute Gasteiger partial charge is 0.399 e. The average molecular weight is 329 g/mol. The van der Waals surface area contributed by atoms with Crippen molar-refractivity contribution in [2.75, 3.05) is 13.1 Å². The molecule has 1 aromatic rings. The third-order valence-corrected chi connectivity index (χ3v) is 5.61. The van der Waals surface area contributed by atoms with E-state index in [9.17, 15) is 4.79 Å². The summed E-state index contributed by atoms with van der Waals surface area (Å²) in [6.45, 7) is 9.97. The minimum absolute atomic E-state index is 0.207. The van der Waals surface area contributed by atoms with Crippen LogP contribution in [0.15, 0.2) is 24.3 Å². The predicted molar refractivity (Wildman–Crippen MR) is 96.3 cm³/mol. The highest BCUT2D eigenvalue weighted by Gasteiger charge is 2.52.